The van der Waals surface area contributed by atoms with Gasteiger partial charge in [0.15, 0.2) is 5.82 Å². The highest BCUT2D eigenvalue weighted by Crippen LogP contribution is 2.19. The van der Waals surface area contributed by atoms with Crippen molar-refractivity contribution in [1.82, 2.24) is 10.2 Å². The van der Waals surface area contributed by atoms with Gasteiger partial charge >= 0.3 is 0 Å². The Bertz CT molecular complexity index is 277. The number of piperidine rings is 1. The summed E-state index contributed by atoms with van der Waals surface area (Å²) in [4.78, 5) is 2.21. The van der Waals surface area contributed by atoms with E-state index in [0.717, 1.165) is 25.3 Å². The number of hydrogen-bond donors (Lipinski definition) is 1. The number of rotatable bonds is 1. The molecule has 0 radical (unpaired) electrons. The Morgan fingerprint density at radius 3 is 3.00 bits per heavy atom. The Morgan fingerprint density at radius 1 is 1.50 bits per heavy atom. The molecule has 2 heterocycles. The predicted molar refractivity (Wildman–Crippen MR) is 56.0 cm³/mol. The summed E-state index contributed by atoms with van der Waals surface area (Å²) in [6.07, 6.45) is 2.80. The summed E-state index contributed by atoms with van der Waals surface area (Å²) in [5.74, 6) is 1.58. The lowest BCUT2D eigenvalue weighted by atomic mass is 9.97. The van der Waals surface area contributed by atoms with E-state index in [2.05, 4.69) is 22.0 Å². The molecule has 0 amide bonds. The van der Waals surface area contributed by atoms with E-state index in [1.54, 1.807) is 6.20 Å². The van der Waals surface area contributed by atoms with Crippen molar-refractivity contribution >= 4 is 5.82 Å². The standard InChI is InChI=1S/C10H16N4/c1-8-5-9(11)7-14(6-8)10-3-2-4-12-13-10/h2-4,8-9H,5-7,11H2,1H3. The van der Waals surface area contributed by atoms with Crippen LogP contribution in [0.1, 0.15) is 13.3 Å². The molecule has 0 aromatic carbocycles. The largest absolute Gasteiger partial charge is 0.353 e. The highest BCUT2D eigenvalue weighted by atomic mass is 15.3. The molecule has 2 atom stereocenters. The van der Waals surface area contributed by atoms with Crippen LogP contribution in [0.4, 0.5) is 5.82 Å². The first-order valence-electron chi connectivity index (χ1n) is 5.04. The van der Waals surface area contributed by atoms with E-state index in [1.165, 1.54) is 0 Å². The minimum Gasteiger partial charge on any atom is -0.353 e. The van der Waals surface area contributed by atoms with Crippen LogP contribution in [-0.2, 0) is 0 Å². The van der Waals surface area contributed by atoms with Gasteiger partial charge < -0.3 is 10.6 Å². The third-order valence-electron chi connectivity index (χ3n) is 2.57. The molecular weight excluding hydrogens is 176 g/mol. The molecule has 76 valence electrons. The molecule has 4 heteroatoms. The Hall–Kier alpha value is -1.16. The van der Waals surface area contributed by atoms with Gasteiger partial charge in [-0.15, -0.1) is 5.10 Å². The van der Waals surface area contributed by atoms with Crippen LogP contribution in [0.2, 0.25) is 0 Å². The average molecular weight is 192 g/mol. The second-order valence-electron chi connectivity index (χ2n) is 4.09. The molecule has 1 aliphatic heterocycles. The first-order valence-corrected chi connectivity index (χ1v) is 5.04. The number of nitrogens with zero attached hydrogens (tertiary/aromatic N) is 3. The van der Waals surface area contributed by atoms with E-state index in [1.807, 2.05) is 12.1 Å². The number of aromatic nitrogens is 2. The summed E-state index contributed by atoms with van der Waals surface area (Å²) in [5, 5.41) is 7.97. The van der Waals surface area contributed by atoms with E-state index in [0.29, 0.717) is 5.92 Å². The van der Waals surface area contributed by atoms with Gasteiger partial charge in [-0.25, -0.2) is 0 Å². The van der Waals surface area contributed by atoms with Gasteiger partial charge in [-0.2, -0.15) is 5.10 Å². The molecule has 2 unspecified atom stereocenters. The summed E-state index contributed by atoms with van der Waals surface area (Å²) in [5.41, 5.74) is 5.96. The normalized spacial score (nSPS) is 27.7. The maximum Gasteiger partial charge on any atom is 0.151 e. The molecule has 1 saturated heterocycles. The lowest BCUT2D eigenvalue weighted by molar-refractivity contribution is 0.399. The van der Waals surface area contributed by atoms with Gasteiger partial charge in [-0.05, 0) is 24.5 Å². The third-order valence-corrected chi connectivity index (χ3v) is 2.57. The molecule has 0 aliphatic carbocycles. The van der Waals surface area contributed by atoms with E-state index < -0.39 is 0 Å². The lowest BCUT2D eigenvalue weighted by Crippen LogP contribution is -2.46. The highest BCUT2D eigenvalue weighted by Gasteiger charge is 2.22. The van der Waals surface area contributed by atoms with Crippen molar-refractivity contribution in [3.63, 3.8) is 0 Å². The first kappa shape index (κ1) is 9.40. The minimum absolute atomic E-state index is 0.265. The maximum absolute atomic E-state index is 5.96. The summed E-state index contributed by atoms with van der Waals surface area (Å²) < 4.78 is 0. The smallest absolute Gasteiger partial charge is 0.151 e. The Balaban J connectivity index is 2.11. The van der Waals surface area contributed by atoms with Gasteiger partial charge in [0.2, 0.25) is 0 Å². The van der Waals surface area contributed by atoms with E-state index in [9.17, 15) is 0 Å². The topological polar surface area (TPSA) is 55.0 Å². The fraction of sp³-hybridized carbons (Fsp3) is 0.600. The van der Waals surface area contributed by atoms with Gasteiger partial charge in [-0.3, -0.25) is 0 Å². The fourth-order valence-corrected chi connectivity index (χ4v) is 2.05. The lowest BCUT2D eigenvalue weighted by Gasteiger charge is -2.35. The van der Waals surface area contributed by atoms with Crippen LogP contribution >= 0.6 is 0 Å². The van der Waals surface area contributed by atoms with Crippen LogP contribution < -0.4 is 10.6 Å². The van der Waals surface area contributed by atoms with Gasteiger partial charge in [0.05, 0.1) is 0 Å². The van der Waals surface area contributed by atoms with Crippen LogP contribution in [0.25, 0.3) is 0 Å². The van der Waals surface area contributed by atoms with Crippen molar-refractivity contribution < 1.29 is 0 Å². The molecule has 1 aliphatic rings. The van der Waals surface area contributed by atoms with Gasteiger partial charge in [0.25, 0.3) is 0 Å². The number of nitrogens with two attached hydrogens (primary N) is 1. The molecule has 4 nitrogen and oxygen atoms in total. The first-order chi connectivity index (χ1) is 6.75. The van der Waals surface area contributed by atoms with Crippen LogP contribution in [0, 0.1) is 5.92 Å². The van der Waals surface area contributed by atoms with Crippen molar-refractivity contribution in [3.05, 3.63) is 18.3 Å². The summed E-state index contributed by atoms with van der Waals surface area (Å²) in [7, 11) is 0. The molecule has 2 rings (SSSR count). The summed E-state index contributed by atoms with van der Waals surface area (Å²) in [6.45, 7) is 4.15. The third kappa shape index (κ3) is 2.01. The molecule has 1 aromatic rings. The van der Waals surface area contributed by atoms with Crippen LogP contribution in [0.3, 0.4) is 0 Å². The molecule has 14 heavy (non-hydrogen) atoms. The Morgan fingerprint density at radius 2 is 2.36 bits per heavy atom. The molecule has 0 spiro atoms. The van der Waals surface area contributed by atoms with Gasteiger partial charge in [0, 0.05) is 25.3 Å². The quantitative estimate of drug-likeness (QED) is 0.710. The van der Waals surface area contributed by atoms with Crippen molar-refractivity contribution in [2.75, 3.05) is 18.0 Å². The minimum atomic E-state index is 0.265. The number of hydrogen-bond acceptors (Lipinski definition) is 4. The van der Waals surface area contributed by atoms with Gasteiger partial charge in [-0.1, -0.05) is 6.92 Å². The highest BCUT2D eigenvalue weighted by molar-refractivity contribution is 5.37. The van der Waals surface area contributed by atoms with E-state index in [4.69, 9.17) is 5.73 Å². The molecule has 0 saturated carbocycles. The molecule has 2 N–H and O–H groups in total. The van der Waals surface area contributed by atoms with E-state index >= 15 is 0 Å². The van der Waals surface area contributed by atoms with Crippen LogP contribution in [0.15, 0.2) is 18.3 Å². The Labute approximate surface area is 84.1 Å². The second kappa shape index (κ2) is 3.92. The van der Waals surface area contributed by atoms with Crippen molar-refractivity contribution in [3.8, 4) is 0 Å². The van der Waals surface area contributed by atoms with Crippen LogP contribution in [0.5, 0.6) is 0 Å². The zero-order chi connectivity index (χ0) is 9.97. The monoisotopic (exact) mass is 192 g/mol. The fourth-order valence-electron chi connectivity index (χ4n) is 2.05. The summed E-state index contributed by atoms with van der Waals surface area (Å²) >= 11 is 0. The van der Waals surface area contributed by atoms with Crippen molar-refractivity contribution in [2.45, 2.75) is 19.4 Å². The molecule has 0 bridgehead atoms. The molecular formula is C10H16N4. The zero-order valence-electron chi connectivity index (χ0n) is 8.43. The SMILES string of the molecule is CC1CC(N)CN(c2cccnn2)C1. The summed E-state index contributed by atoms with van der Waals surface area (Å²) in [6, 6.07) is 4.16. The molecule has 1 fully saturated rings. The average Bonchev–Trinajstić information content (AvgIpc) is 2.18. The maximum atomic E-state index is 5.96. The van der Waals surface area contributed by atoms with Gasteiger partial charge in [0.1, 0.15) is 0 Å². The van der Waals surface area contributed by atoms with Crippen LogP contribution in [-0.4, -0.2) is 29.3 Å². The Kier molecular flexibility index (Phi) is 2.63. The number of anilines is 1. The van der Waals surface area contributed by atoms with Crippen molar-refractivity contribution in [1.29, 1.82) is 0 Å². The van der Waals surface area contributed by atoms with Crippen molar-refractivity contribution in [2.24, 2.45) is 11.7 Å². The van der Waals surface area contributed by atoms with E-state index in [-0.39, 0.29) is 6.04 Å². The molecule has 1 aromatic heterocycles. The predicted octanol–water partition coefficient (Wildman–Crippen LogP) is 0.650. The zero-order valence-corrected chi connectivity index (χ0v) is 8.43. The second-order valence-corrected chi connectivity index (χ2v) is 4.09.